The molecule has 0 fully saturated rings. The number of hydrogen-bond donors (Lipinski definition) is 1. The Morgan fingerprint density at radius 2 is 2.19 bits per heavy atom. The first-order valence-corrected chi connectivity index (χ1v) is 4.43. The molecule has 2 aromatic rings. The van der Waals surface area contributed by atoms with E-state index in [2.05, 4.69) is 9.72 Å². The van der Waals surface area contributed by atoms with Crippen LogP contribution in [0.15, 0.2) is 24.4 Å². The van der Waals surface area contributed by atoms with Crippen molar-refractivity contribution in [3.63, 3.8) is 0 Å². The fourth-order valence-electron chi connectivity index (χ4n) is 1.38. The SMILES string of the molecule is COC(=O)c1cccc2nc(C(=O)O)cn12. The van der Waals surface area contributed by atoms with Crippen LogP contribution in [0.4, 0.5) is 0 Å². The van der Waals surface area contributed by atoms with Gasteiger partial charge in [0.25, 0.3) is 0 Å². The number of imidazole rings is 1. The highest BCUT2D eigenvalue weighted by Gasteiger charge is 2.14. The van der Waals surface area contributed by atoms with E-state index in [0.29, 0.717) is 5.65 Å². The molecule has 2 rings (SSSR count). The molecule has 0 unspecified atom stereocenters. The molecular formula is C10H8N2O4. The number of fused-ring (bicyclic) bond motifs is 1. The number of esters is 1. The molecule has 1 N–H and O–H groups in total. The van der Waals surface area contributed by atoms with Gasteiger partial charge in [0.15, 0.2) is 5.69 Å². The van der Waals surface area contributed by atoms with Crippen LogP contribution in [0.2, 0.25) is 0 Å². The van der Waals surface area contributed by atoms with Gasteiger partial charge in [-0.2, -0.15) is 0 Å². The minimum absolute atomic E-state index is 0.114. The van der Waals surface area contributed by atoms with Gasteiger partial charge in [0.2, 0.25) is 0 Å². The van der Waals surface area contributed by atoms with E-state index in [0.717, 1.165) is 0 Å². The molecular weight excluding hydrogens is 212 g/mol. The van der Waals surface area contributed by atoms with E-state index in [-0.39, 0.29) is 11.4 Å². The van der Waals surface area contributed by atoms with Crippen molar-refractivity contribution in [3.05, 3.63) is 35.8 Å². The number of pyridine rings is 1. The standard InChI is InChI=1S/C10H8N2O4/c1-16-10(15)7-3-2-4-8-11-6(9(13)14)5-12(7)8/h2-5H,1H3,(H,13,14). The van der Waals surface area contributed by atoms with Gasteiger partial charge >= 0.3 is 11.9 Å². The van der Waals surface area contributed by atoms with Crippen molar-refractivity contribution in [2.45, 2.75) is 0 Å². The lowest BCUT2D eigenvalue weighted by molar-refractivity contribution is 0.0590. The Morgan fingerprint density at radius 1 is 1.44 bits per heavy atom. The van der Waals surface area contributed by atoms with E-state index in [9.17, 15) is 9.59 Å². The van der Waals surface area contributed by atoms with Crippen LogP contribution in [-0.4, -0.2) is 33.5 Å². The van der Waals surface area contributed by atoms with E-state index in [4.69, 9.17) is 5.11 Å². The van der Waals surface area contributed by atoms with Crippen LogP contribution in [0.1, 0.15) is 21.0 Å². The normalized spacial score (nSPS) is 10.3. The molecule has 0 saturated carbocycles. The molecule has 0 amide bonds. The summed E-state index contributed by atoms with van der Waals surface area (Å²) in [7, 11) is 1.26. The van der Waals surface area contributed by atoms with Crippen molar-refractivity contribution in [2.75, 3.05) is 7.11 Å². The second-order valence-corrected chi connectivity index (χ2v) is 3.06. The number of carbonyl (C=O) groups excluding carboxylic acids is 1. The van der Waals surface area contributed by atoms with Crippen LogP contribution < -0.4 is 0 Å². The number of carbonyl (C=O) groups is 2. The maximum Gasteiger partial charge on any atom is 0.356 e. The molecule has 0 saturated heterocycles. The summed E-state index contributed by atoms with van der Waals surface area (Å²) < 4.78 is 5.96. The molecule has 2 aromatic heterocycles. The monoisotopic (exact) mass is 220 g/mol. The molecule has 0 aliphatic heterocycles. The molecule has 0 aliphatic carbocycles. The average molecular weight is 220 g/mol. The zero-order chi connectivity index (χ0) is 11.7. The Balaban J connectivity index is 2.67. The lowest BCUT2D eigenvalue weighted by Gasteiger charge is -2.01. The van der Waals surface area contributed by atoms with Crippen LogP contribution in [0.25, 0.3) is 5.65 Å². The summed E-state index contributed by atoms with van der Waals surface area (Å²) in [4.78, 5) is 26.0. The molecule has 2 heterocycles. The molecule has 82 valence electrons. The van der Waals surface area contributed by atoms with Crippen LogP contribution in [0.3, 0.4) is 0 Å². The molecule has 16 heavy (non-hydrogen) atoms. The van der Waals surface area contributed by atoms with Crippen molar-refractivity contribution in [1.82, 2.24) is 9.38 Å². The third kappa shape index (κ3) is 1.50. The quantitative estimate of drug-likeness (QED) is 0.757. The smallest absolute Gasteiger partial charge is 0.356 e. The summed E-state index contributed by atoms with van der Waals surface area (Å²) in [5, 5.41) is 8.78. The Labute approximate surface area is 90.1 Å². The summed E-state index contributed by atoms with van der Waals surface area (Å²) in [5.74, 6) is -1.68. The number of carboxylic acids is 1. The Bertz CT molecular complexity index is 573. The number of aromatic carboxylic acids is 1. The molecule has 0 aliphatic rings. The Kier molecular flexibility index (Phi) is 2.32. The van der Waals surface area contributed by atoms with Crippen LogP contribution >= 0.6 is 0 Å². The van der Waals surface area contributed by atoms with E-state index in [1.165, 1.54) is 23.8 Å². The minimum atomic E-state index is -1.14. The highest BCUT2D eigenvalue weighted by Crippen LogP contribution is 2.10. The van der Waals surface area contributed by atoms with E-state index in [1.807, 2.05) is 0 Å². The zero-order valence-electron chi connectivity index (χ0n) is 8.38. The maximum absolute atomic E-state index is 11.4. The van der Waals surface area contributed by atoms with E-state index >= 15 is 0 Å². The topological polar surface area (TPSA) is 80.9 Å². The van der Waals surface area contributed by atoms with Crippen molar-refractivity contribution >= 4 is 17.6 Å². The number of carboxylic acid groups (broad SMARTS) is 1. The fourth-order valence-corrected chi connectivity index (χ4v) is 1.38. The van der Waals surface area contributed by atoms with Gasteiger partial charge in [0.05, 0.1) is 7.11 Å². The number of hydrogen-bond acceptors (Lipinski definition) is 4. The highest BCUT2D eigenvalue weighted by molar-refractivity contribution is 5.90. The van der Waals surface area contributed by atoms with Crippen molar-refractivity contribution in [2.24, 2.45) is 0 Å². The lowest BCUT2D eigenvalue weighted by atomic mass is 10.3. The first-order valence-electron chi connectivity index (χ1n) is 4.43. The van der Waals surface area contributed by atoms with Gasteiger partial charge in [-0.15, -0.1) is 0 Å². The Morgan fingerprint density at radius 3 is 2.81 bits per heavy atom. The van der Waals surface area contributed by atoms with Gasteiger partial charge in [0, 0.05) is 6.20 Å². The third-order valence-electron chi connectivity index (χ3n) is 2.11. The highest BCUT2D eigenvalue weighted by atomic mass is 16.5. The van der Waals surface area contributed by atoms with Gasteiger partial charge in [-0.1, -0.05) is 6.07 Å². The summed E-state index contributed by atoms with van der Waals surface area (Å²) in [6, 6.07) is 4.76. The average Bonchev–Trinajstić information content (AvgIpc) is 2.71. The third-order valence-corrected chi connectivity index (χ3v) is 2.11. The zero-order valence-corrected chi connectivity index (χ0v) is 8.38. The van der Waals surface area contributed by atoms with Gasteiger partial charge in [-0.3, -0.25) is 4.40 Å². The number of methoxy groups -OCH3 is 1. The summed E-state index contributed by atoms with van der Waals surface area (Å²) >= 11 is 0. The number of aromatic nitrogens is 2. The number of ether oxygens (including phenoxy) is 1. The second-order valence-electron chi connectivity index (χ2n) is 3.06. The van der Waals surface area contributed by atoms with Crippen molar-refractivity contribution in [3.8, 4) is 0 Å². The molecule has 0 radical (unpaired) electrons. The van der Waals surface area contributed by atoms with Gasteiger partial charge in [0.1, 0.15) is 11.3 Å². The van der Waals surface area contributed by atoms with Gasteiger partial charge < -0.3 is 9.84 Å². The number of nitrogens with zero attached hydrogens (tertiary/aromatic N) is 2. The first kappa shape index (κ1) is 10.2. The molecule has 0 bridgehead atoms. The summed E-state index contributed by atoms with van der Waals surface area (Å²) in [6.45, 7) is 0. The van der Waals surface area contributed by atoms with E-state index in [1.54, 1.807) is 12.1 Å². The molecule has 0 aromatic carbocycles. The second kappa shape index (κ2) is 3.65. The Hall–Kier alpha value is -2.37. The summed E-state index contributed by atoms with van der Waals surface area (Å²) in [6.07, 6.45) is 1.28. The maximum atomic E-state index is 11.4. The molecule has 0 spiro atoms. The number of rotatable bonds is 2. The summed E-state index contributed by atoms with van der Waals surface area (Å²) in [5.41, 5.74) is 0.511. The minimum Gasteiger partial charge on any atom is -0.476 e. The lowest BCUT2D eigenvalue weighted by Crippen LogP contribution is -2.07. The van der Waals surface area contributed by atoms with Crippen LogP contribution in [0.5, 0.6) is 0 Å². The van der Waals surface area contributed by atoms with Crippen molar-refractivity contribution in [1.29, 1.82) is 0 Å². The largest absolute Gasteiger partial charge is 0.476 e. The van der Waals surface area contributed by atoms with E-state index < -0.39 is 11.9 Å². The molecule has 6 nitrogen and oxygen atoms in total. The van der Waals surface area contributed by atoms with Gasteiger partial charge in [-0.05, 0) is 12.1 Å². The van der Waals surface area contributed by atoms with Crippen LogP contribution in [-0.2, 0) is 4.74 Å². The predicted octanol–water partition coefficient (Wildman–Crippen LogP) is 0.819. The van der Waals surface area contributed by atoms with Gasteiger partial charge in [-0.25, -0.2) is 14.6 Å². The molecule has 6 heteroatoms. The first-order chi connectivity index (χ1) is 7.63. The van der Waals surface area contributed by atoms with Crippen LogP contribution in [0, 0.1) is 0 Å². The predicted molar refractivity (Wildman–Crippen MR) is 53.5 cm³/mol. The fraction of sp³-hybridized carbons (Fsp3) is 0.100. The van der Waals surface area contributed by atoms with Crippen molar-refractivity contribution < 1.29 is 19.4 Å². The molecule has 0 atom stereocenters.